The Balaban J connectivity index is 1.45. The van der Waals surface area contributed by atoms with Crippen LogP contribution in [0.4, 0.5) is 11.4 Å². The van der Waals surface area contributed by atoms with E-state index in [-0.39, 0.29) is 24.1 Å². The van der Waals surface area contributed by atoms with Crippen molar-refractivity contribution in [1.29, 1.82) is 0 Å². The van der Waals surface area contributed by atoms with Crippen LogP contribution in [-0.4, -0.2) is 50.0 Å². The molecule has 1 aliphatic rings. The Labute approximate surface area is 213 Å². The van der Waals surface area contributed by atoms with E-state index in [2.05, 4.69) is 26.9 Å². The molecule has 0 spiro atoms. The Hall–Kier alpha value is -3.55. The molecule has 1 unspecified atom stereocenters. The molecule has 0 saturated carbocycles. The molecule has 3 rings (SSSR count). The molecule has 0 bridgehead atoms. The Morgan fingerprint density at radius 1 is 1.03 bits per heavy atom. The molecule has 1 heterocycles. The maximum Gasteiger partial charge on any atom is 0.255 e. The van der Waals surface area contributed by atoms with Gasteiger partial charge in [0.2, 0.25) is 11.8 Å². The number of hydrogen-bond acceptors (Lipinski definition) is 5. The summed E-state index contributed by atoms with van der Waals surface area (Å²) < 4.78 is 5.50. The van der Waals surface area contributed by atoms with Crippen LogP contribution in [0.3, 0.4) is 0 Å². The second-order valence-electron chi connectivity index (χ2n) is 8.93. The number of amides is 3. The van der Waals surface area contributed by atoms with Gasteiger partial charge in [-0.25, -0.2) is 0 Å². The number of para-hydroxylation sites is 1. The lowest BCUT2D eigenvalue weighted by molar-refractivity contribution is -0.126. The van der Waals surface area contributed by atoms with Crippen molar-refractivity contribution in [2.24, 2.45) is 0 Å². The van der Waals surface area contributed by atoms with Crippen LogP contribution in [0, 0.1) is 0 Å². The third-order valence-corrected chi connectivity index (χ3v) is 6.11. The quantitative estimate of drug-likeness (QED) is 0.364. The molecule has 3 amide bonds. The van der Waals surface area contributed by atoms with Gasteiger partial charge in [0.1, 0.15) is 11.8 Å². The number of anilines is 2. The van der Waals surface area contributed by atoms with Gasteiger partial charge in [-0.1, -0.05) is 31.5 Å². The number of hydrogen-bond donors (Lipinski definition) is 3. The van der Waals surface area contributed by atoms with E-state index in [1.807, 2.05) is 38.1 Å². The lowest BCUT2D eigenvalue weighted by atomic mass is 10.1. The van der Waals surface area contributed by atoms with Crippen molar-refractivity contribution in [2.75, 3.05) is 36.5 Å². The van der Waals surface area contributed by atoms with E-state index in [0.29, 0.717) is 37.3 Å². The van der Waals surface area contributed by atoms with E-state index in [0.717, 1.165) is 30.9 Å². The van der Waals surface area contributed by atoms with Gasteiger partial charge in [0.05, 0.1) is 12.2 Å². The Kier molecular flexibility index (Phi) is 10.6. The highest BCUT2D eigenvalue weighted by Crippen LogP contribution is 2.23. The summed E-state index contributed by atoms with van der Waals surface area (Å²) >= 11 is 0. The lowest BCUT2D eigenvalue weighted by Crippen LogP contribution is -2.43. The number of benzene rings is 2. The first-order chi connectivity index (χ1) is 17.5. The van der Waals surface area contributed by atoms with Crippen molar-refractivity contribution < 1.29 is 19.1 Å². The number of carbonyl (C=O) groups is 3. The number of ether oxygens (including phenoxy) is 1. The van der Waals surface area contributed by atoms with Crippen molar-refractivity contribution in [2.45, 2.75) is 58.4 Å². The summed E-state index contributed by atoms with van der Waals surface area (Å²) in [5.41, 5.74) is 2.30. The molecule has 2 aromatic carbocycles. The lowest BCUT2D eigenvalue weighted by Gasteiger charge is -2.20. The van der Waals surface area contributed by atoms with Crippen LogP contribution >= 0.6 is 0 Å². The zero-order valence-corrected chi connectivity index (χ0v) is 21.3. The van der Waals surface area contributed by atoms with E-state index in [4.69, 9.17) is 4.74 Å². The normalized spacial score (nSPS) is 13.7. The molecule has 1 fully saturated rings. The van der Waals surface area contributed by atoms with Gasteiger partial charge in [0, 0.05) is 37.4 Å². The van der Waals surface area contributed by atoms with Crippen LogP contribution in [-0.2, 0) is 9.59 Å². The minimum atomic E-state index is -0.606. The van der Waals surface area contributed by atoms with Crippen LogP contribution in [0.5, 0.6) is 5.75 Å². The second-order valence-corrected chi connectivity index (χ2v) is 8.93. The largest absolute Gasteiger partial charge is 0.493 e. The average Bonchev–Trinajstić information content (AvgIpc) is 3.42. The molecule has 0 aliphatic carbocycles. The number of nitrogens with one attached hydrogen (secondary N) is 3. The SMILES string of the molecule is CCCC(NC(=O)CCCNC(=O)c1ccccc1OCC)C(=O)Nc1cccc(N2CCCC2)c1. The van der Waals surface area contributed by atoms with Gasteiger partial charge in [0.15, 0.2) is 0 Å². The molecule has 1 saturated heterocycles. The van der Waals surface area contributed by atoms with Crippen molar-refractivity contribution in [1.82, 2.24) is 10.6 Å². The van der Waals surface area contributed by atoms with Crippen LogP contribution in [0.1, 0.15) is 62.7 Å². The standard InChI is InChI=1S/C28H38N4O4/c1-3-11-24(28(35)30-21-12-9-13-22(20-21)32-18-7-8-19-32)31-26(33)16-10-17-29-27(34)23-14-5-6-15-25(23)36-4-2/h5-6,9,12-15,20,24H,3-4,7-8,10-11,16-19H2,1-2H3,(H,29,34)(H,30,35)(H,31,33). The predicted molar refractivity (Wildman–Crippen MR) is 143 cm³/mol. The molecule has 1 aliphatic heterocycles. The smallest absolute Gasteiger partial charge is 0.255 e. The molecule has 0 radical (unpaired) electrons. The summed E-state index contributed by atoms with van der Waals surface area (Å²) in [6.45, 7) is 6.74. The van der Waals surface area contributed by atoms with E-state index in [1.165, 1.54) is 12.8 Å². The highest BCUT2D eigenvalue weighted by Gasteiger charge is 2.21. The molecule has 1 atom stereocenters. The highest BCUT2D eigenvalue weighted by molar-refractivity contribution is 5.98. The van der Waals surface area contributed by atoms with Crippen molar-refractivity contribution in [3.8, 4) is 5.75 Å². The Bertz CT molecular complexity index is 1020. The monoisotopic (exact) mass is 494 g/mol. The fraction of sp³-hybridized carbons (Fsp3) is 0.464. The van der Waals surface area contributed by atoms with Gasteiger partial charge in [-0.15, -0.1) is 0 Å². The minimum absolute atomic E-state index is 0.210. The van der Waals surface area contributed by atoms with Gasteiger partial charge < -0.3 is 25.6 Å². The van der Waals surface area contributed by atoms with Gasteiger partial charge in [0.25, 0.3) is 5.91 Å². The molecule has 8 heteroatoms. The van der Waals surface area contributed by atoms with Crippen molar-refractivity contribution in [3.05, 3.63) is 54.1 Å². The third-order valence-electron chi connectivity index (χ3n) is 6.11. The van der Waals surface area contributed by atoms with Gasteiger partial charge in [-0.05, 0) is 62.9 Å². The number of nitrogens with zero attached hydrogens (tertiary/aromatic N) is 1. The number of carbonyl (C=O) groups excluding carboxylic acids is 3. The van der Waals surface area contributed by atoms with E-state index in [9.17, 15) is 14.4 Å². The molecular formula is C28H38N4O4. The summed E-state index contributed by atoms with van der Waals surface area (Å²) in [4.78, 5) is 40.2. The van der Waals surface area contributed by atoms with Crippen LogP contribution < -0.4 is 25.6 Å². The molecule has 8 nitrogen and oxygen atoms in total. The zero-order valence-electron chi connectivity index (χ0n) is 21.3. The summed E-state index contributed by atoms with van der Waals surface area (Å²) in [6, 6.07) is 14.3. The minimum Gasteiger partial charge on any atom is -0.493 e. The zero-order chi connectivity index (χ0) is 25.8. The summed E-state index contributed by atoms with van der Waals surface area (Å²) in [6.07, 6.45) is 4.37. The van der Waals surface area contributed by atoms with E-state index < -0.39 is 6.04 Å². The Morgan fingerprint density at radius 3 is 2.56 bits per heavy atom. The first-order valence-corrected chi connectivity index (χ1v) is 13.0. The van der Waals surface area contributed by atoms with Crippen molar-refractivity contribution in [3.63, 3.8) is 0 Å². The molecule has 194 valence electrons. The van der Waals surface area contributed by atoms with Crippen molar-refractivity contribution >= 4 is 29.1 Å². The molecule has 3 N–H and O–H groups in total. The fourth-order valence-corrected chi connectivity index (χ4v) is 4.29. The number of rotatable bonds is 13. The first-order valence-electron chi connectivity index (χ1n) is 13.0. The average molecular weight is 495 g/mol. The maximum absolute atomic E-state index is 12.9. The summed E-state index contributed by atoms with van der Waals surface area (Å²) in [5.74, 6) is -0.128. The maximum atomic E-state index is 12.9. The highest BCUT2D eigenvalue weighted by atomic mass is 16.5. The molecular weight excluding hydrogens is 456 g/mol. The molecule has 2 aromatic rings. The Morgan fingerprint density at radius 2 is 1.81 bits per heavy atom. The molecule has 0 aromatic heterocycles. The predicted octanol–water partition coefficient (Wildman–Crippen LogP) is 4.12. The molecule has 36 heavy (non-hydrogen) atoms. The van der Waals surface area contributed by atoms with Gasteiger partial charge in [-0.2, -0.15) is 0 Å². The fourth-order valence-electron chi connectivity index (χ4n) is 4.29. The van der Waals surface area contributed by atoms with Gasteiger partial charge in [-0.3, -0.25) is 14.4 Å². The van der Waals surface area contributed by atoms with Crippen LogP contribution in [0.2, 0.25) is 0 Å². The van der Waals surface area contributed by atoms with Crippen LogP contribution in [0.25, 0.3) is 0 Å². The third kappa shape index (κ3) is 8.00. The summed E-state index contributed by atoms with van der Waals surface area (Å²) in [5, 5.41) is 8.66. The van der Waals surface area contributed by atoms with Gasteiger partial charge >= 0.3 is 0 Å². The van der Waals surface area contributed by atoms with E-state index in [1.54, 1.807) is 18.2 Å². The topological polar surface area (TPSA) is 99.8 Å². The van der Waals surface area contributed by atoms with Crippen LogP contribution in [0.15, 0.2) is 48.5 Å². The first kappa shape index (κ1) is 27.0. The van der Waals surface area contributed by atoms with E-state index >= 15 is 0 Å². The second kappa shape index (κ2) is 14.1. The summed E-state index contributed by atoms with van der Waals surface area (Å²) in [7, 11) is 0.